The van der Waals surface area contributed by atoms with Gasteiger partial charge in [-0.15, -0.1) is 0 Å². The average molecular weight is 305 g/mol. The molecule has 0 amide bonds. The summed E-state index contributed by atoms with van der Waals surface area (Å²) in [6, 6.07) is 15.3. The number of halogens is 2. The number of benzene rings is 2. The highest BCUT2D eigenvalue weighted by Crippen LogP contribution is 2.30. The number of nitriles is 1. The minimum absolute atomic E-state index is 0.109. The molecule has 0 aliphatic carbocycles. The molecule has 0 aliphatic heterocycles. The van der Waals surface area contributed by atoms with E-state index in [-0.39, 0.29) is 6.04 Å². The summed E-state index contributed by atoms with van der Waals surface area (Å²) in [5.74, 6) is 0. The second kappa shape index (κ2) is 6.17. The molecule has 0 heterocycles. The van der Waals surface area contributed by atoms with Crippen LogP contribution in [0.25, 0.3) is 0 Å². The van der Waals surface area contributed by atoms with Gasteiger partial charge in [-0.3, -0.25) is 0 Å². The Labute approximate surface area is 129 Å². The zero-order chi connectivity index (χ0) is 14.7. The smallest absolute Gasteiger partial charge is 0.101 e. The van der Waals surface area contributed by atoms with E-state index in [2.05, 4.69) is 13.0 Å². The van der Waals surface area contributed by atoms with Crippen molar-refractivity contribution in [2.75, 3.05) is 11.9 Å². The molecule has 2 nitrogen and oxygen atoms in total. The lowest BCUT2D eigenvalue weighted by atomic mass is 10.1. The van der Waals surface area contributed by atoms with E-state index in [4.69, 9.17) is 23.2 Å². The van der Waals surface area contributed by atoms with Gasteiger partial charge in [-0.2, -0.15) is 5.26 Å². The van der Waals surface area contributed by atoms with Crippen molar-refractivity contribution >= 4 is 28.9 Å². The quantitative estimate of drug-likeness (QED) is 0.792. The molecule has 2 aromatic rings. The monoisotopic (exact) mass is 304 g/mol. The first-order valence-electron chi connectivity index (χ1n) is 6.21. The van der Waals surface area contributed by atoms with E-state index < -0.39 is 0 Å². The molecule has 0 bridgehead atoms. The van der Waals surface area contributed by atoms with Gasteiger partial charge in [-0.25, -0.2) is 0 Å². The molecule has 1 unspecified atom stereocenters. The number of rotatable bonds is 3. The van der Waals surface area contributed by atoms with Crippen LogP contribution < -0.4 is 4.90 Å². The van der Waals surface area contributed by atoms with Crippen molar-refractivity contribution in [1.29, 1.82) is 5.26 Å². The van der Waals surface area contributed by atoms with Crippen LogP contribution in [0.1, 0.15) is 24.1 Å². The second-order valence-electron chi connectivity index (χ2n) is 4.61. The van der Waals surface area contributed by atoms with Gasteiger partial charge in [-0.05, 0) is 42.8 Å². The molecule has 20 heavy (non-hydrogen) atoms. The Hall–Kier alpha value is -1.69. The normalized spacial score (nSPS) is 11.8. The molecule has 0 fully saturated rings. The predicted molar refractivity (Wildman–Crippen MR) is 84.4 cm³/mol. The minimum Gasteiger partial charge on any atom is -0.367 e. The summed E-state index contributed by atoms with van der Waals surface area (Å²) in [6.07, 6.45) is 0. The SMILES string of the molecule is CC(c1ccc(Cl)cc1)N(C)c1cc(Cl)ccc1C#N. The Kier molecular flexibility index (Phi) is 4.54. The number of hydrogen-bond acceptors (Lipinski definition) is 2. The lowest BCUT2D eigenvalue weighted by Gasteiger charge is -2.28. The van der Waals surface area contributed by atoms with Gasteiger partial charge in [0.15, 0.2) is 0 Å². The van der Waals surface area contributed by atoms with Crippen molar-refractivity contribution in [3.63, 3.8) is 0 Å². The Bertz CT molecular complexity index is 645. The first-order valence-corrected chi connectivity index (χ1v) is 6.96. The number of hydrogen-bond donors (Lipinski definition) is 0. The predicted octanol–water partition coefficient (Wildman–Crippen LogP) is 5.06. The zero-order valence-corrected chi connectivity index (χ0v) is 12.8. The van der Waals surface area contributed by atoms with Crippen LogP contribution in [-0.4, -0.2) is 7.05 Å². The molecule has 0 saturated heterocycles. The zero-order valence-electron chi connectivity index (χ0n) is 11.3. The fraction of sp³-hybridized carbons (Fsp3) is 0.188. The van der Waals surface area contributed by atoms with Gasteiger partial charge in [0.2, 0.25) is 0 Å². The van der Waals surface area contributed by atoms with Crippen LogP contribution in [0.2, 0.25) is 10.0 Å². The van der Waals surface area contributed by atoms with Crippen LogP contribution in [-0.2, 0) is 0 Å². The molecule has 0 spiro atoms. The second-order valence-corrected chi connectivity index (χ2v) is 5.48. The third-order valence-electron chi connectivity index (χ3n) is 3.39. The summed E-state index contributed by atoms with van der Waals surface area (Å²) in [7, 11) is 1.95. The maximum Gasteiger partial charge on any atom is 0.101 e. The summed E-state index contributed by atoms with van der Waals surface area (Å²) < 4.78 is 0. The third kappa shape index (κ3) is 3.07. The van der Waals surface area contributed by atoms with Crippen molar-refractivity contribution in [2.24, 2.45) is 0 Å². The van der Waals surface area contributed by atoms with E-state index in [0.717, 1.165) is 11.3 Å². The van der Waals surface area contributed by atoms with Crippen LogP contribution >= 0.6 is 23.2 Å². The molecule has 0 N–H and O–H groups in total. The lowest BCUT2D eigenvalue weighted by Crippen LogP contribution is -2.22. The topological polar surface area (TPSA) is 27.0 Å². The van der Waals surface area contributed by atoms with Gasteiger partial charge in [0.1, 0.15) is 6.07 Å². The number of anilines is 1. The molecule has 1 atom stereocenters. The molecule has 0 aromatic heterocycles. The first-order chi connectivity index (χ1) is 9.52. The van der Waals surface area contributed by atoms with Gasteiger partial charge in [0.25, 0.3) is 0 Å². The Morgan fingerprint density at radius 2 is 1.65 bits per heavy atom. The van der Waals surface area contributed by atoms with Crippen molar-refractivity contribution < 1.29 is 0 Å². The third-order valence-corrected chi connectivity index (χ3v) is 3.88. The van der Waals surface area contributed by atoms with Crippen LogP contribution in [0.3, 0.4) is 0 Å². The molecule has 2 rings (SSSR count). The maximum atomic E-state index is 9.21. The highest BCUT2D eigenvalue weighted by Gasteiger charge is 2.15. The van der Waals surface area contributed by atoms with Gasteiger partial charge >= 0.3 is 0 Å². The van der Waals surface area contributed by atoms with Gasteiger partial charge in [0, 0.05) is 17.1 Å². The highest BCUT2D eigenvalue weighted by atomic mass is 35.5. The van der Waals surface area contributed by atoms with E-state index in [0.29, 0.717) is 15.6 Å². The van der Waals surface area contributed by atoms with E-state index in [1.165, 1.54) is 0 Å². The van der Waals surface area contributed by atoms with Crippen molar-refractivity contribution in [2.45, 2.75) is 13.0 Å². The number of nitrogens with zero attached hydrogens (tertiary/aromatic N) is 2. The summed E-state index contributed by atoms with van der Waals surface area (Å²) in [5, 5.41) is 10.5. The Morgan fingerprint density at radius 1 is 1.05 bits per heavy atom. The molecule has 102 valence electrons. The van der Waals surface area contributed by atoms with E-state index >= 15 is 0 Å². The standard InChI is InChI=1S/C16H14Cl2N2/c1-11(12-3-6-14(17)7-4-12)20(2)16-9-15(18)8-5-13(16)10-19/h3-9,11H,1-2H3. The van der Waals surface area contributed by atoms with Crippen LogP contribution in [0.4, 0.5) is 5.69 Å². The lowest BCUT2D eigenvalue weighted by molar-refractivity contribution is 0.739. The summed E-state index contributed by atoms with van der Waals surface area (Å²) in [6.45, 7) is 2.07. The fourth-order valence-electron chi connectivity index (χ4n) is 2.06. The van der Waals surface area contributed by atoms with Crippen molar-refractivity contribution in [3.05, 3.63) is 63.6 Å². The molecule has 0 saturated carbocycles. The molecule has 2 aromatic carbocycles. The molecular formula is C16H14Cl2N2. The molecule has 4 heteroatoms. The molecular weight excluding hydrogens is 291 g/mol. The van der Waals surface area contributed by atoms with Crippen molar-refractivity contribution in [1.82, 2.24) is 0 Å². The van der Waals surface area contributed by atoms with Crippen LogP contribution in [0, 0.1) is 11.3 Å². The summed E-state index contributed by atoms with van der Waals surface area (Å²) in [4.78, 5) is 2.04. The average Bonchev–Trinajstić information content (AvgIpc) is 2.46. The summed E-state index contributed by atoms with van der Waals surface area (Å²) in [5.41, 5.74) is 2.56. The highest BCUT2D eigenvalue weighted by molar-refractivity contribution is 6.31. The molecule has 0 aliphatic rings. The van der Waals surface area contributed by atoms with Gasteiger partial charge < -0.3 is 4.90 Å². The van der Waals surface area contributed by atoms with E-state index in [1.54, 1.807) is 12.1 Å². The van der Waals surface area contributed by atoms with Crippen LogP contribution in [0.15, 0.2) is 42.5 Å². The molecule has 0 radical (unpaired) electrons. The van der Waals surface area contributed by atoms with Gasteiger partial charge in [0.05, 0.1) is 17.3 Å². The van der Waals surface area contributed by atoms with Gasteiger partial charge in [-0.1, -0.05) is 35.3 Å². The van der Waals surface area contributed by atoms with E-state index in [9.17, 15) is 5.26 Å². The van der Waals surface area contributed by atoms with Crippen LogP contribution in [0.5, 0.6) is 0 Å². The minimum atomic E-state index is 0.109. The van der Waals surface area contributed by atoms with Crippen molar-refractivity contribution in [3.8, 4) is 6.07 Å². The first kappa shape index (κ1) is 14.7. The summed E-state index contributed by atoms with van der Waals surface area (Å²) >= 11 is 11.9. The largest absolute Gasteiger partial charge is 0.367 e. The maximum absolute atomic E-state index is 9.21. The van der Waals surface area contributed by atoms with E-state index in [1.807, 2.05) is 42.3 Å². The Balaban J connectivity index is 2.36. The fourth-order valence-corrected chi connectivity index (χ4v) is 2.36. The Morgan fingerprint density at radius 3 is 2.25 bits per heavy atom.